The van der Waals surface area contributed by atoms with Gasteiger partial charge in [0.15, 0.2) is 5.13 Å². The Labute approximate surface area is 213 Å². The maximum Gasteiger partial charge on any atom is 0.257 e. The van der Waals surface area contributed by atoms with Gasteiger partial charge in [0.2, 0.25) is 10.0 Å². The Kier molecular flexibility index (Phi) is 6.75. The summed E-state index contributed by atoms with van der Waals surface area (Å²) in [6, 6.07) is 23.6. The maximum atomic E-state index is 13.2. The van der Waals surface area contributed by atoms with Gasteiger partial charge in [-0.3, -0.25) is 10.1 Å². The highest BCUT2D eigenvalue weighted by Gasteiger charge is 2.24. The van der Waals surface area contributed by atoms with Crippen LogP contribution in [0.1, 0.15) is 27.7 Å². The standard InChI is InChI=1S/C26H23N3O3S3/c1-2-29(16-18-8-4-3-5-9-18)35(31,32)20-14-12-19(13-15-20)25(30)28-26-27-24-21-10-6-7-11-22(21)33-17-23(24)34-26/h3-15H,2,16-17H2,1H3,(H,27,28,30). The smallest absolute Gasteiger partial charge is 0.257 e. The van der Waals surface area contributed by atoms with Gasteiger partial charge < -0.3 is 0 Å². The van der Waals surface area contributed by atoms with E-state index in [2.05, 4.69) is 16.4 Å². The summed E-state index contributed by atoms with van der Waals surface area (Å²) >= 11 is 3.24. The summed E-state index contributed by atoms with van der Waals surface area (Å²) in [5.41, 5.74) is 3.29. The fourth-order valence-corrected chi connectivity index (χ4v) is 7.43. The number of benzene rings is 3. The first-order valence-electron chi connectivity index (χ1n) is 11.1. The first-order chi connectivity index (χ1) is 17.0. The monoisotopic (exact) mass is 521 g/mol. The summed E-state index contributed by atoms with van der Waals surface area (Å²) in [5.74, 6) is 0.501. The van der Waals surface area contributed by atoms with E-state index >= 15 is 0 Å². The van der Waals surface area contributed by atoms with E-state index in [4.69, 9.17) is 0 Å². The van der Waals surface area contributed by atoms with E-state index in [9.17, 15) is 13.2 Å². The Balaban J connectivity index is 1.31. The first kappa shape index (κ1) is 23.7. The number of rotatable bonds is 7. The van der Waals surface area contributed by atoms with Crippen LogP contribution in [0.15, 0.2) is 88.7 Å². The summed E-state index contributed by atoms with van der Waals surface area (Å²) in [5, 5.41) is 3.41. The maximum absolute atomic E-state index is 13.2. The molecule has 178 valence electrons. The van der Waals surface area contributed by atoms with Gasteiger partial charge in [0, 0.05) is 39.7 Å². The molecule has 2 heterocycles. The van der Waals surface area contributed by atoms with Crippen molar-refractivity contribution in [2.24, 2.45) is 0 Å². The lowest BCUT2D eigenvalue weighted by Gasteiger charge is -2.20. The molecule has 5 rings (SSSR count). The number of sulfonamides is 1. The van der Waals surface area contributed by atoms with Gasteiger partial charge in [-0.2, -0.15) is 4.31 Å². The average Bonchev–Trinajstić information content (AvgIpc) is 3.31. The van der Waals surface area contributed by atoms with Gasteiger partial charge >= 0.3 is 0 Å². The number of hydrogen-bond acceptors (Lipinski definition) is 6. The number of aromatic nitrogens is 1. The van der Waals surface area contributed by atoms with Crippen LogP contribution in [0.3, 0.4) is 0 Å². The largest absolute Gasteiger partial charge is 0.298 e. The van der Waals surface area contributed by atoms with Gasteiger partial charge in [-0.25, -0.2) is 13.4 Å². The molecule has 1 N–H and O–H groups in total. The Morgan fingerprint density at radius 2 is 1.71 bits per heavy atom. The lowest BCUT2D eigenvalue weighted by atomic mass is 10.1. The molecule has 0 radical (unpaired) electrons. The summed E-state index contributed by atoms with van der Waals surface area (Å²) in [4.78, 5) is 20.0. The molecule has 0 fully saturated rings. The van der Waals surface area contributed by atoms with E-state index in [0.717, 1.165) is 27.5 Å². The fraction of sp³-hybridized carbons (Fsp3) is 0.154. The van der Waals surface area contributed by atoms with Crippen molar-refractivity contribution in [3.63, 3.8) is 0 Å². The lowest BCUT2D eigenvalue weighted by molar-refractivity contribution is 0.102. The third-order valence-electron chi connectivity index (χ3n) is 5.73. The Hall–Kier alpha value is -2.98. The molecule has 1 aliphatic rings. The molecule has 0 atom stereocenters. The zero-order valence-electron chi connectivity index (χ0n) is 19.0. The molecule has 0 bridgehead atoms. The number of thiazole rings is 1. The second-order valence-corrected chi connectivity index (χ2v) is 12.0. The molecule has 6 nitrogen and oxygen atoms in total. The normalized spacial score (nSPS) is 12.7. The highest BCUT2D eigenvalue weighted by molar-refractivity contribution is 7.98. The Morgan fingerprint density at radius 1 is 1.00 bits per heavy atom. The summed E-state index contributed by atoms with van der Waals surface area (Å²) in [7, 11) is -3.69. The van der Waals surface area contributed by atoms with Crippen LogP contribution in [0.4, 0.5) is 5.13 Å². The number of carbonyl (C=O) groups is 1. The van der Waals surface area contributed by atoms with Crippen LogP contribution in [0.5, 0.6) is 0 Å². The minimum absolute atomic E-state index is 0.158. The number of thioether (sulfide) groups is 1. The van der Waals surface area contributed by atoms with Crippen LogP contribution in [0.25, 0.3) is 11.3 Å². The molecule has 1 aliphatic heterocycles. The fourth-order valence-electron chi connectivity index (χ4n) is 3.90. The van der Waals surface area contributed by atoms with E-state index in [1.165, 1.54) is 44.8 Å². The van der Waals surface area contributed by atoms with E-state index in [1.54, 1.807) is 11.8 Å². The van der Waals surface area contributed by atoms with E-state index < -0.39 is 10.0 Å². The number of fused-ring (bicyclic) bond motifs is 3. The zero-order valence-corrected chi connectivity index (χ0v) is 21.4. The van der Waals surface area contributed by atoms with E-state index in [1.807, 2.05) is 55.5 Å². The number of nitrogens with zero attached hydrogens (tertiary/aromatic N) is 2. The van der Waals surface area contributed by atoms with Crippen molar-refractivity contribution in [1.82, 2.24) is 9.29 Å². The predicted molar refractivity (Wildman–Crippen MR) is 141 cm³/mol. The van der Waals surface area contributed by atoms with Gasteiger partial charge in [0.25, 0.3) is 5.91 Å². The number of hydrogen-bond donors (Lipinski definition) is 1. The Morgan fingerprint density at radius 3 is 2.46 bits per heavy atom. The lowest BCUT2D eigenvalue weighted by Crippen LogP contribution is -2.30. The van der Waals surface area contributed by atoms with Crippen LogP contribution in [0, 0.1) is 0 Å². The summed E-state index contributed by atoms with van der Waals surface area (Å²) < 4.78 is 27.8. The van der Waals surface area contributed by atoms with E-state index in [0.29, 0.717) is 17.2 Å². The topological polar surface area (TPSA) is 79.4 Å². The molecule has 0 saturated heterocycles. The number of amides is 1. The van der Waals surface area contributed by atoms with Gasteiger partial charge in [0.05, 0.1) is 10.6 Å². The average molecular weight is 522 g/mol. The van der Waals surface area contributed by atoms with Gasteiger partial charge in [-0.15, -0.1) is 23.1 Å². The molecule has 1 aromatic heterocycles. The second kappa shape index (κ2) is 9.94. The van der Waals surface area contributed by atoms with Gasteiger partial charge in [-0.1, -0.05) is 55.5 Å². The van der Waals surface area contributed by atoms with Gasteiger partial charge in [-0.05, 0) is 35.9 Å². The Bertz CT molecular complexity index is 1470. The molecule has 35 heavy (non-hydrogen) atoms. The van der Waals surface area contributed by atoms with E-state index in [-0.39, 0.29) is 17.3 Å². The van der Waals surface area contributed by atoms with Crippen LogP contribution in [-0.2, 0) is 22.3 Å². The van der Waals surface area contributed by atoms with Crippen LogP contribution in [-0.4, -0.2) is 30.2 Å². The molecule has 0 aliphatic carbocycles. The van der Waals surface area contributed by atoms with Crippen LogP contribution >= 0.6 is 23.1 Å². The minimum atomic E-state index is -3.69. The molecular weight excluding hydrogens is 499 g/mol. The van der Waals surface area contributed by atoms with Crippen molar-refractivity contribution in [3.05, 3.63) is 94.9 Å². The number of carbonyl (C=O) groups excluding carboxylic acids is 1. The van der Waals surface area contributed by atoms with Crippen molar-refractivity contribution in [1.29, 1.82) is 0 Å². The molecular formula is C26H23N3O3S3. The number of anilines is 1. The second-order valence-electron chi connectivity index (χ2n) is 7.97. The third kappa shape index (κ3) is 4.90. The molecule has 3 aromatic carbocycles. The zero-order chi connectivity index (χ0) is 24.4. The highest BCUT2D eigenvalue weighted by atomic mass is 32.2. The van der Waals surface area contributed by atoms with Crippen molar-refractivity contribution >= 4 is 44.2 Å². The molecule has 0 saturated carbocycles. The molecule has 9 heteroatoms. The van der Waals surface area contributed by atoms with Crippen molar-refractivity contribution in [2.45, 2.75) is 29.0 Å². The van der Waals surface area contributed by atoms with Crippen molar-refractivity contribution in [2.75, 3.05) is 11.9 Å². The third-order valence-corrected chi connectivity index (χ3v) is 9.92. The van der Waals surface area contributed by atoms with Crippen LogP contribution < -0.4 is 5.32 Å². The van der Waals surface area contributed by atoms with Crippen molar-refractivity contribution < 1.29 is 13.2 Å². The summed E-state index contributed by atoms with van der Waals surface area (Å²) in [6.07, 6.45) is 0. The number of nitrogens with one attached hydrogen (secondary N) is 1. The quantitative estimate of drug-likeness (QED) is 0.329. The molecule has 0 spiro atoms. The minimum Gasteiger partial charge on any atom is -0.298 e. The molecule has 4 aromatic rings. The van der Waals surface area contributed by atoms with Crippen LogP contribution in [0.2, 0.25) is 0 Å². The SMILES string of the molecule is CCN(Cc1ccccc1)S(=O)(=O)c1ccc(C(=O)Nc2nc3c(s2)CSc2ccccc2-3)cc1. The van der Waals surface area contributed by atoms with Crippen molar-refractivity contribution in [3.8, 4) is 11.3 Å². The summed E-state index contributed by atoms with van der Waals surface area (Å²) in [6.45, 7) is 2.44. The first-order valence-corrected chi connectivity index (χ1v) is 14.4. The molecule has 0 unspecified atom stereocenters. The predicted octanol–water partition coefficient (Wildman–Crippen LogP) is 5.88. The molecule has 1 amide bonds. The highest BCUT2D eigenvalue weighted by Crippen LogP contribution is 2.44. The van der Waals surface area contributed by atoms with Gasteiger partial charge in [0.1, 0.15) is 0 Å².